The highest BCUT2D eigenvalue weighted by Crippen LogP contribution is 2.29. The van der Waals surface area contributed by atoms with Crippen LogP contribution < -0.4 is 10.6 Å². The molecule has 2 aliphatic carbocycles. The number of amides is 1. The summed E-state index contributed by atoms with van der Waals surface area (Å²) >= 11 is 0. The summed E-state index contributed by atoms with van der Waals surface area (Å²) in [5, 5.41) is 27.2. The van der Waals surface area contributed by atoms with E-state index in [2.05, 4.69) is 20.6 Å². The summed E-state index contributed by atoms with van der Waals surface area (Å²) in [6.07, 6.45) is 8.30. The molecule has 7 nitrogen and oxygen atoms in total. The zero-order chi connectivity index (χ0) is 19.6. The van der Waals surface area contributed by atoms with Gasteiger partial charge >= 0.3 is 0 Å². The van der Waals surface area contributed by atoms with E-state index in [-0.39, 0.29) is 24.6 Å². The summed E-state index contributed by atoms with van der Waals surface area (Å²) in [4.78, 5) is 21.7. The average molecular weight is 384 g/mol. The SMILES string of the molecule is O=C(NCC1(O)CCCC1)c1cccc2cnc(N[C@H]3CC[C@H](O)CC3)nc12. The summed E-state index contributed by atoms with van der Waals surface area (Å²) in [5.41, 5.74) is 0.309. The van der Waals surface area contributed by atoms with Gasteiger partial charge in [0, 0.05) is 24.2 Å². The first-order valence-corrected chi connectivity index (χ1v) is 10.2. The summed E-state index contributed by atoms with van der Waals surface area (Å²) < 4.78 is 0. The van der Waals surface area contributed by atoms with Crippen LogP contribution in [0.3, 0.4) is 0 Å². The Kier molecular flexibility index (Phi) is 5.46. The highest BCUT2D eigenvalue weighted by atomic mass is 16.3. The van der Waals surface area contributed by atoms with Crippen molar-refractivity contribution in [3.8, 4) is 0 Å². The van der Waals surface area contributed by atoms with E-state index in [1.165, 1.54) is 0 Å². The molecule has 0 unspecified atom stereocenters. The van der Waals surface area contributed by atoms with Crippen LogP contribution in [0.2, 0.25) is 0 Å². The minimum absolute atomic E-state index is 0.208. The van der Waals surface area contributed by atoms with E-state index in [0.717, 1.165) is 56.8 Å². The van der Waals surface area contributed by atoms with Crippen molar-refractivity contribution >= 4 is 22.8 Å². The van der Waals surface area contributed by atoms with Crippen LogP contribution >= 0.6 is 0 Å². The van der Waals surface area contributed by atoms with Crippen molar-refractivity contribution in [1.82, 2.24) is 15.3 Å². The minimum atomic E-state index is -0.784. The Labute approximate surface area is 164 Å². The van der Waals surface area contributed by atoms with Gasteiger partial charge in [-0.25, -0.2) is 9.97 Å². The Morgan fingerprint density at radius 2 is 1.93 bits per heavy atom. The second-order valence-electron chi connectivity index (χ2n) is 8.20. The molecule has 2 fully saturated rings. The van der Waals surface area contributed by atoms with E-state index in [1.54, 1.807) is 12.3 Å². The lowest BCUT2D eigenvalue weighted by atomic mass is 9.93. The van der Waals surface area contributed by atoms with E-state index in [4.69, 9.17) is 0 Å². The monoisotopic (exact) mass is 384 g/mol. The van der Waals surface area contributed by atoms with Gasteiger partial charge in [0.2, 0.25) is 5.95 Å². The molecule has 1 heterocycles. The summed E-state index contributed by atoms with van der Waals surface area (Å²) in [6, 6.07) is 5.69. The molecule has 0 aliphatic heterocycles. The molecule has 2 aliphatic rings. The number of hydrogen-bond acceptors (Lipinski definition) is 6. The highest BCUT2D eigenvalue weighted by Gasteiger charge is 2.31. The predicted molar refractivity (Wildman–Crippen MR) is 107 cm³/mol. The Morgan fingerprint density at radius 3 is 2.68 bits per heavy atom. The Morgan fingerprint density at radius 1 is 1.18 bits per heavy atom. The third kappa shape index (κ3) is 4.25. The maximum Gasteiger partial charge on any atom is 0.253 e. The number of benzene rings is 1. The number of anilines is 1. The van der Waals surface area contributed by atoms with Crippen molar-refractivity contribution in [3.63, 3.8) is 0 Å². The standard InChI is InChI=1S/C21H28N4O3/c26-16-8-6-15(7-9-16)24-20-22-12-14-4-3-5-17(18(14)25-20)19(27)23-13-21(28)10-1-2-11-21/h3-5,12,15-16,26,28H,1-2,6-11,13H2,(H,23,27)(H,22,24,25)/t15-,16-. The number of aliphatic hydroxyl groups excluding tert-OH is 1. The zero-order valence-corrected chi connectivity index (χ0v) is 16.0. The van der Waals surface area contributed by atoms with E-state index >= 15 is 0 Å². The van der Waals surface area contributed by atoms with Crippen molar-refractivity contribution in [3.05, 3.63) is 30.0 Å². The Bertz CT molecular complexity index is 843. The van der Waals surface area contributed by atoms with E-state index in [1.807, 2.05) is 12.1 Å². The van der Waals surface area contributed by atoms with Gasteiger partial charge in [-0.2, -0.15) is 0 Å². The van der Waals surface area contributed by atoms with Gasteiger partial charge in [-0.05, 0) is 44.6 Å². The van der Waals surface area contributed by atoms with Crippen molar-refractivity contribution in [2.75, 3.05) is 11.9 Å². The van der Waals surface area contributed by atoms with Gasteiger partial charge in [-0.1, -0.05) is 25.0 Å². The molecule has 4 N–H and O–H groups in total. The van der Waals surface area contributed by atoms with Gasteiger partial charge in [0.1, 0.15) is 0 Å². The molecule has 28 heavy (non-hydrogen) atoms. The summed E-state index contributed by atoms with van der Waals surface area (Å²) in [7, 11) is 0. The van der Waals surface area contributed by atoms with Crippen molar-refractivity contribution < 1.29 is 15.0 Å². The summed E-state index contributed by atoms with van der Waals surface area (Å²) in [6.45, 7) is 0.267. The third-order valence-electron chi connectivity index (χ3n) is 6.00. The summed E-state index contributed by atoms with van der Waals surface area (Å²) in [5.74, 6) is 0.278. The number of para-hydroxylation sites is 1. The number of nitrogens with zero attached hydrogens (tertiary/aromatic N) is 2. The number of carbonyl (C=O) groups excluding carboxylic acids is 1. The molecule has 7 heteroatoms. The van der Waals surface area contributed by atoms with Crippen LogP contribution in [-0.4, -0.2) is 50.4 Å². The molecular formula is C21H28N4O3. The molecule has 0 spiro atoms. The van der Waals surface area contributed by atoms with Gasteiger partial charge in [0.15, 0.2) is 0 Å². The van der Waals surface area contributed by atoms with Gasteiger partial charge < -0.3 is 20.8 Å². The quantitative estimate of drug-likeness (QED) is 0.630. The number of nitrogens with one attached hydrogen (secondary N) is 2. The second kappa shape index (κ2) is 8.01. The van der Waals surface area contributed by atoms with Crippen LogP contribution in [0, 0.1) is 0 Å². The zero-order valence-electron chi connectivity index (χ0n) is 16.0. The highest BCUT2D eigenvalue weighted by molar-refractivity contribution is 6.05. The van der Waals surface area contributed by atoms with Crippen molar-refractivity contribution in [2.45, 2.75) is 69.1 Å². The average Bonchev–Trinajstić information content (AvgIpc) is 3.14. The number of hydrogen-bond donors (Lipinski definition) is 4. The third-order valence-corrected chi connectivity index (χ3v) is 6.00. The molecule has 2 saturated carbocycles. The van der Waals surface area contributed by atoms with Gasteiger partial charge in [-0.15, -0.1) is 0 Å². The molecule has 0 radical (unpaired) electrons. The van der Waals surface area contributed by atoms with E-state index in [0.29, 0.717) is 17.0 Å². The normalized spacial score (nSPS) is 24.2. The smallest absolute Gasteiger partial charge is 0.253 e. The molecule has 4 rings (SSSR count). The van der Waals surface area contributed by atoms with Crippen LogP contribution in [0.25, 0.3) is 10.9 Å². The van der Waals surface area contributed by atoms with Gasteiger partial charge in [0.05, 0.1) is 22.8 Å². The minimum Gasteiger partial charge on any atom is -0.393 e. The van der Waals surface area contributed by atoms with Crippen LogP contribution in [0.15, 0.2) is 24.4 Å². The van der Waals surface area contributed by atoms with Crippen LogP contribution in [-0.2, 0) is 0 Å². The van der Waals surface area contributed by atoms with E-state index in [9.17, 15) is 15.0 Å². The molecule has 0 bridgehead atoms. The van der Waals surface area contributed by atoms with Crippen LogP contribution in [0.5, 0.6) is 0 Å². The number of rotatable bonds is 5. The first-order valence-electron chi connectivity index (χ1n) is 10.2. The molecule has 1 aromatic heterocycles. The lowest BCUT2D eigenvalue weighted by Crippen LogP contribution is -2.40. The fraction of sp³-hybridized carbons (Fsp3) is 0.571. The van der Waals surface area contributed by atoms with E-state index < -0.39 is 5.60 Å². The lowest BCUT2D eigenvalue weighted by Gasteiger charge is -2.26. The molecule has 1 aromatic carbocycles. The van der Waals surface area contributed by atoms with Gasteiger partial charge in [-0.3, -0.25) is 4.79 Å². The first-order chi connectivity index (χ1) is 13.5. The maximum atomic E-state index is 12.8. The molecule has 150 valence electrons. The van der Waals surface area contributed by atoms with Crippen LogP contribution in [0.1, 0.15) is 61.7 Å². The predicted octanol–water partition coefficient (Wildman–Crippen LogP) is 2.38. The number of aliphatic hydroxyl groups is 2. The van der Waals surface area contributed by atoms with Crippen molar-refractivity contribution in [2.24, 2.45) is 0 Å². The number of aromatic nitrogens is 2. The topological polar surface area (TPSA) is 107 Å². The fourth-order valence-electron chi connectivity index (χ4n) is 4.26. The molecular weight excluding hydrogens is 356 g/mol. The maximum absolute atomic E-state index is 12.8. The van der Waals surface area contributed by atoms with Crippen molar-refractivity contribution in [1.29, 1.82) is 0 Å². The fourth-order valence-corrected chi connectivity index (χ4v) is 4.26. The largest absolute Gasteiger partial charge is 0.393 e. The second-order valence-corrected chi connectivity index (χ2v) is 8.20. The Hall–Kier alpha value is -2.25. The van der Waals surface area contributed by atoms with Crippen LogP contribution in [0.4, 0.5) is 5.95 Å². The Balaban J connectivity index is 1.50. The first kappa shape index (κ1) is 19.1. The number of carbonyl (C=O) groups is 1. The van der Waals surface area contributed by atoms with Gasteiger partial charge in [0.25, 0.3) is 5.91 Å². The molecule has 2 aromatic rings. The molecule has 1 amide bonds. The lowest BCUT2D eigenvalue weighted by molar-refractivity contribution is 0.0450. The number of fused-ring (bicyclic) bond motifs is 1. The molecule has 0 saturated heterocycles. The molecule has 0 atom stereocenters.